The molecule has 110 valence electrons. The molecule has 0 spiro atoms. The number of aryl methyl sites for hydroxylation is 1. The van der Waals surface area contributed by atoms with Crippen molar-refractivity contribution in [3.05, 3.63) is 47.8 Å². The molecule has 0 atom stereocenters. The number of nitrogens with zero attached hydrogens (tertiary/aromatic N) is 2. The first kappa shape index (κ1) is 14.6. The predicted molar refractivity (Wildman–Crippen MR) is 77.2 cm³/mol. The van der Waals surface area contributed by atoms with Crippen LogP contribution in [0.3, 0.4) is 0 Å². The first-order valence-corrected chi connectivity index (χ1v) is 6.28. The van der Waals surface area contributed by atoms with Gasteiger partial charge in [-0.05, 0) is 24.3 Å². The highest BCUT2D eigenvalue weighted by atomic mass is 16.5. The molecular weight excluding hydrogens is 272 g/mol. The number of methoxy groups -OCH3 is 1. The van der Waals surface area contributed by atoms with E-state index >= 15 is 0 Å². The van der Waals surface area contributed by atoms with Gasteiger partial charge in [0, 0.05) is 30.4 Å². The van der Waals surface area contributed by atoms with Gasteiger partial charge in [-0.3, -0.25) is 4.68 Å². The van der Waals surface area contributed by atoms with E-state index in [-0.39, 0.29) is 0 Å². The van der Waals surface area contributed by atoms with Crippen molar-refractivity contribution in [3.8, 4) is 11.5 Å². The molecule has 1 aromatic carbocycles. The minimum absolute atomic E-state index is 0.355. The average molecular weight is 288 g/mol. The van der Waals surface area contributed by atoms with Gasteiger partial charge in [0.05, 0.1) is 13.3 Å². The van der Waals surface area contributed by atoms with Crippen LogP contribution in [0.1, 0.15) is 11.1 Å². The van der Waals surface area contributed by atoms with Crippen LogP contribution >= 0.6 is 0 Å². The van der Waals surface area contributed by atoms with Crippen molar-refractivity contribution in [2.24, 2.45) is 7.05 Å². The number of benzene rings is 1. The fourth-order valence-corrected chi connectivity index (χ4v) is 1.78. The number of carboxylic acid groups (broad SMARTS) is 1. The van der Waals surface area contributed by atoms with Gasteiger partial charge >= 0.3 is 5.97 Å². The molecule has 2 rings (SSSR count). The van der Waals surface area contributed by atoms with E-state index in [0.717, 1.165) is 11.6 Å². The number of aromatic nitrogens is 2. The highest BCUT2D eigenvalue weighted by molar-refractivity contribution is 5.86. The maximum atomic E-state index is 10.7. The Morgan fingerprint density at radius 1 is 1.48 bits per heavy atom. The Hall–Kier alpha value is -2.76. The summed E-state index contributed by atoms with van der Waals surface area (Å²) in [6.45, 7) is 0.355. The minimum Gasteiger partial charge on any atom is -0.497 e. The fourth-order valence-electron chi connectivity index (χ4n) is 1.78. The Balaban J connectivity index is 2.18. The normalized spacial score (nSPS) is 10.8. The zero-order valence-electron chi connectivity index (χ0n) is 11.8. The molecule has 21 heavy (non-hydrogen) atoms. The molecule has 0 unspecified atom stereocenters. The lowest BCUT2D eigenvalue weighted by Crippen LogP contribution is -1.97. The van der Waals surface area contributed by atoms with E-state index in [4.69, 9.17) is 14.6 Å². The summed E-state index contributed by atoms with van der Waals surface area (Å²) in [4.78, 5) is 10.7. The number of ether oxygens (including phenoxy) is 2. The zero-order valence-corrected chi connectivity index (χ0v) is 11.8. The van der Waals surface area contributed by atoms with Gasteiger partial charge in [-0.1, -0.05) is 0 Å². The van der Waals surface area contributed by atoms with Crippen molar-refractivity contribution in [2.75, 3.05) is 7.11 Å². The topological polar surface area (TPSA) is 73.6 Å². The second-order valence-electron chi connectivity index (χ2n) is 4.39. The molecule has 0 radical (unpaired) electrons. The molecule has 6 heteroatoms. The van der Waals surface area contributed by atoms with Crippen LogP contribution in [-0.2, 0) is 18.4 Å². The standard InChI is InChI=1S/C15H16N2O4/c1-17-9-11(8-16-17)10-21-14-5-4-13(20-2)7-12(14)3-6-15(18)19/h3-9H,10H2,1-2H3,(H,18,19)/b6-3+. The maximum absolute atomic E-state index is 10.7. The van der Waals surface area contributed by atoms with Crippen LogP contribution in [0.2, 0.25) is 0 Å². The lowest BCUT2D eigenvalue weighted by Gasteiger charge is -2.10. The van der Waals surface area contributed by atoms with E-state index in [2.05, 4.69) is 5.10 Å². The monoisotopic (exact) mass is 288 g/mol. The van der Waals surface area contributed by atoms with Crippen LogP contribution in [0.4, 0.5) is 0 Å². The van der Waals surface area contributed by atoms with E-state index in [1.165, 1.54) is 6.08 Å². The number of hydrogen-bond donors (Lipinski definition) is 1. The van der Waals surface area contributed by atoms with Gasteiger partial charge in [-0.2, -0.15) is 5.10 Å². The first-order chi connectivity index (χ1) is 10.1. The third-order valence-electron chi connectivity index (χ3n) is 2.78. The van der Waals surface area contributed by atoms with E-state index < -0.39 is 5.97 Å². The van der Waals surface area contributed by atoms with Gasteiger partial charge in [0.25, 0.3) is 0 Å². The summed E-state index contributed by atoms with van der Waals surface area (Å²) in [5.41, 5.74) is 1.57. The van der Waals surface area contributed by atoms with Gasteiger partial charge in [0.15, 0.2) is 0 Å². The van der Waals surface area contributed by atoms with Crippen molar-refractivity contribution >= 4 is 12.0 Å². The third kappa shape index (κ3) is 4.10. The smallest absolute Gasteiger partial charge is 0.328 e. The lowest BCUT2D eigenvalue weighted by molar-refractivity contribution is -0.131. The van der Waals surface area contributed by atoms with Crippen LogP contribution in [0.15, 0.2) is 36.7 Å². The molecule has 1 N–H and O–H groups in total. The van der Waals surface area contributed by atoms with E-state index in [0.29, 0.717) is 23.7 Å². The van der Waals surface area contributed by atoms with Gasteiger partial charge in [0.2, 0.25) is 0 Å². The van der Waals surface area contributed by atoms with Crippen LogP contribution < -0.4 is 9.47 Å². The summed E-state index contributed by atoms with van der Waals surface area (Å²) in [6, 6.07) is 5.23. The molecular formula is C15H16N2O4. The second-order valence-corrected chi connectivity index (χ2v) is 4.39. The van der Waals surface area contributed by atoms with Gasteiger partial charge in [-0.15, -0.1) is 0 Å². The molecule has 1 aromatic heterocycles. The predicted octanol–water partition coefficient (Wildman–Crippen LogP) is 2.11. The van der Waals surface area contributed by atoms with Crippen LogP contribution in [0.5, 0.6) is 11.5 Å². The largest absolute Gasteiger partial charge is 0.497 e. The van der Waals surface area contributed by atoms with E-state index in [1.54, 1.807) is 36.2 Å². The van der Waals surface area contributed by atoms with E-state index in [1.807, 2.05) is 13.2 Å². The number of rotatable bonds is 6. The van der Waals surface area contributed by atoms with Crippen LogP contribution in [0.25, 0.3) is 6.08 Å². The molecule has 0 saturated carbocycles. The quantitative estimate of drug-likeness (QED) is 0.824. The lowest BCUT2D eigenvalue weighted by atomic mass is 10.1. The molecule has 0 amide bonds. The molecule has 0 bridgehead atoms. The number of carbonyl (C=O) groups is 1. The average Bonchev–Trinajstić information content (AvgIpc) is 2.88. The molecule has 0 saturated heterocycles. The molecule has 0 aliphatic carbocycles. The second kappa shape index (κ2) is 6.60. The Morgan fingerprint density at radius 2 is 2.29 bits per heavy atom. The van der Waals surface area contributed by atoms with E-state index in [9.17, 15) is 4.79 Å². The first-order valence-electron chi connectivity index (χ1n) is 6.28. The molecule has 0 fully saturated rings. The highest BCUT2D eigenvalue weighted by Crippen LogP contribution is 2.26. The van der Waals surface area contributed by atoms with Crippen molar-refractivity contribution < 1.29 is 19.4 Å². The molecule has 2 aromatic rings. The van der Waals surface area contributed by atoms with Crippen molar-refractivity contribution in [1.29, 1.82) is 0 Å². The summed E-state index contributed by atoms with van der Waals surface area (Å²) in [6.07, 6.45) is 6.11. The number of aliphatic carboxylic acids is 1. The summed E-state index contributed by atoms with van der Waals surface area (Å²) in [7, 11) is 3.38. The number of carboxylic acids is 1. The Morgan fingerprint density at radius 3 is 2.90 bits per heavy atom. The van der Waals surface area contributed by atoms with Gasteiger partial charge < -0.3 is 14.6 Å². The molecule has 1 heterocycles. The fraction of sp³-hybridized carbons (Fsp3) is 0.200. The Kier molecular flexibility index (Phi) is 4.61. The van der Waals surface area contributed by atoms with Crippen molar-refractivity contribution in [2.45, 2.75) is 6.61 Å². The minimum atomic E-state index is -1.02. The summed E-state index contributed by atoms with van der Waals surface area (Å²) < 4.78 is 12.5. The zero-order chi connectivity index (χ0) is 15.2. The third-order valence-corrected chi connectivity index (χ3v) is 2.78. The van der Waals surface area contributed by atoms with Crippen molar-refractivity contribution in [1.82, 2.24) is 9.78 Å². The van der Waals surface area contributed by atoms with Gasteiger partial charge in [-0.25, -0.2) is 4.79 Å². The highest BCUT2D eigenvalue weighted by Gasteiger charge is 2.05. The Bertz CT molecular complexity index is 661. The summed E-state index contributed by atoms with van der Waals surface area (Å²) in [5.74, 6) is 0.196. The molecule has 0 aliphatic heterocycles. The summed E-state index contributed by atoms with van der Waals surface area (Å²) in [5, 5.41) is 12.8. The SMILES string of the molecule is COc1ccc(OCc2cnn(C)c2)c(/C=C/C(=O)O)c1. The van der Waals surface area contributed by atoms with Gasteiger partial charge in [0.1, 0.15) is 18.1 Å². The molecule has 0 aliphatic rings. The Labute approximate surface area is 122 Å². The van der Waals surface area contributed by atoms with Crippen LogP contribution in [0, 0.1) is 0 Å². The maximum Gasteiger partial charge on any atom is 0.328 e. The number of hydrogen-bond acceptors (Lipinski definition) is 4. The van der Waals surface area contributed by atoms with Crippen molar-refractivity contribution in [3.63, 3.8) is 0 Å². The summed E-state index contributed by atoms with van der Waals surface area (Å²) >= 11 is 0. The van der Waals surface area contributed by atoms with Crippen LogP contribution in [-0.4, -0.2) is 28.0 Å². The molecule has 6 nitrogen and oxygen atoms in total.